The standard InChI is InChI=1S/C12H7F10NOS2/c13-9(14,10(15,16)17)11(18,19)25-5-8(24)23-6-2-1-3-7(4-6)26-12(20,21)22/h1-4H,5H2,(H,23,24). The Hall–Kier alpha value is -1.31. The second-order valence-electron chi connectivity index (χ2n) is 4.50. The summed E-state index contributed by atoms with van der Waals surface area (Å²) in [6.45, 7) is 0. The van der Waals surface area contributed by atoms with E-state index in [4.69, 9.17) is 0 Å². The summed E-state index contributed by atoms with van der Waals surface area (Å²) in [4.78, 5) is 11.0. The van der Waals surface area contributed by atoms with E-state index < -0.39 is 58.0 Å². The number of nitrogens with one attached hydrogen (secondary N) is 1. The van der Waals surface area contributed by atoms with Crippen LogP contribution >= 0.6 is 23.5 Å². The number of hydrogen-bond acceptors (Lipinski definition) is 3. The monoisotopic (exact) mass is 435 g/mol. The molecule has 26 heavy (non-hydrogen) atoms. The Balaban J connectivity index is 2.72. The Labute approximate surface area is 147 Å². The lowest BCUT2D eigenvalue weighted by Gasteiger charge is -2.27. The Kier molecular flexibility index (Phi) is 6.77. The molecule has 1 N–H and O–H groups in total. The van der Waals surface area contributed by atoms with Crippen LogP contribution in [0.5, 0.6) is 0 Å². The lowest BCUT2D eigenvalue weighted by molar-refractivity contribution is -0.330. The molecule has 1 amide bonds. The van der Waals surface area contributed by atoms with Gasteiger partial charge in [-0.15, -0.1) is 0 Å². The maximum absolute atomic E-state index is 13.0. The summed E-state index contributed by atoms with van der Waals surface area (Å²) in [7, 11) is 0. The molecule has 1 aromatic rings. The van der Waals surface area contributed by atoms with E-state index in [0.717, 1.165) is 24.3 Å². The van der Waals surface area contributed by atoms with Gasteiger partial charge < -0.3 is 5.32 Å². The van der Waals surface area contributed by atoms with E-state index in [0.29, 0.717) is 0 Å². The van der Waals surface area contributed by atoms with E-state index in [1.54, 1.807) is 0 Å². The van der Waals surface area contributed by atoms with Crippen molar-refractivity contribution in [1.29, 1.82) is 0 Å². The Morgan fingerprint density at radius 3 is 2.04 bits per heavy atom. The first kappa shape index (κ1) is 22.7. The maximum Gasteiger partial charge on any atom is 0.460 e. The van der Waals surface area contributed by atoms with Crippen molar-refractivity contribution in [2.75, 3.05) is 11.1 Å². The zero-order chi connectivity index (χ0) is 20.4. The van der Waals surface area contributed by atoms with Crippen molar-refractivity contribution in [2.24, 2.45) is 0 Å². The minimum Gasteiger partial charge on any atom is -0.325 e. The number of rotatable bonds is 6. The number of hydrogen-bond donors (Lipinski definition) is 1. The van der Waals surface area contributed by atoms with E-state index >= 15 is 0 Å². The largest absolute Gasteiger partial charge is 0.460 e. The van der Waals surface area contributed by atoms with Crippen molar-refractivity contribution in [3.63, 3.8) is 0 Å². The third kappa shape index (κ3) is 6.14. The Morgan fingerprint density at radius 2 is 1.54 bits per heavy atom. The quantitative estimate of drug-likeness (QED) is 0.455. The third-order valence-electron chi connectivity index (χ3n) is 2.46. The second-order valence-corrected chi connectivity index (χ2v) is 6.73. The van der Waals surface area contributed by atoms with E-state index in [1.165, 1.54) is 0 Å². The highest BCUT2D eigenvalue weighted by Gasteiger charge is 2.73. The zero-order valence-electron chi connectivity index (χ0n) is 12.0. The molecule has 148 valence electrons. The van der Waals surface area contributed by atoms with Crippen LogP contribution in [-0.4, -0.2) is 34.5 Å². The third-order valence-corrected chi connectivity index (χ3v) is 4.20. The van der Waals surface area contributed by atoms with Crippen LogP contribution < -0.4 is 5.32 Å². The topological polar surface area (TPSA) is 29.1 Å². The first-order chi connectivity index (χ1) is 11.6. The summed E-state index contributed by atoms with van der Waals surface area (Å²) in [5.74, 6) is -9.26. The highest BCUT2D eigenvalue weighted by Crippen LogP contribution is 2.51. The molecule has 0 aliphatic carbocycles. The number of alkyl halides is 10. The molecule has 0 saturated heterocycles. The number of amides is 1. The average molecular weight is 435 g/mol. The molecule has 1 aromatic carbocycles. The van der Waals surface area contributed by atoms with Gasteiger partial charge in [-0.3, -0.25) is 4.79 Å². The van der Waals surface area contributed by atoms with Crippen molar-refractivity contribution in [1.82, 2.24) is 0 Å². The summed E-state index contributed by atoms with van der Waals surface area (Å²) in [5.41, 5.74) is -4.92. The van der Waals surface area contributed by atoms with Crippen LogP contribution in [0, 0.1) is 0 Å². The summed E-state index contributed by atoms with van der Waals surface area (Å²) in [5, 5.41) is -3.78. The summed E-state index contributed by atoms with van der Waals surface area (Å²) < 4.78 is 124. The first-order valence-corrected chi connectivity index (χ1v) is 7.97. The molecular formula is C12H7F10NOS2. The normalized spacial score (nSPS) is 13.6. The molecule has 0 spiro atoms. The van der Waals surface area contributed by atoms with Crippen LogP contribution in [0.3, 0.4) is 0 Å². The van der Waals surface area contributed by atoms with Crippen LogP contribution in [-0.2, 0) is 4.79 Å². The van der Waals surface area contributed by atoms with Gasteiger partial charge in [0, 0.05) is 10.6 Å². The van der Waals surface area contributed by atoms with Gasteiger partial charge in [0.15, 0.2) is 0 Å². The Morgan fingerprint density at radius 1 is 0.962 bits per heavy atom. The van der Waals surface area contributed by atoms with Crippen LogP contribution in [0.2, 0.25) is 0 Å². The zero-order valence-corrected chi connectivity index (χ0v) is 13.7. The fourth-order valence-corrected chi connectivity index (χ4v) is 2.66. The minimum absolute atomic E-state index is 0.282. The van der Waals surface area contributed by atoms with Gasteiger partial charge >= 0.3 is 22.9 Å². The van der Waals surface area contributed by atoms with Crippen LogP contribution in [0.25, 0.3) is 0 Å². The molecule has 0 heterocycles. The molecule has 1 rings (SSSR count). The predicted molar refractivity (Wildman–Crippen MR) is 75.4 cm³/mol. The molecule has 0 saturated carbocycles. The van der Waals surface area contributed by atoms with Gasteiger partial charge in [-0.05, 0) is 30.0 Å². The minimum atomic E-state index is -6.52. The smallest absolute Gasteiger partial charge is 0.325 e. The number of anilines is 1. The van der Waals surface area contributed by atoms with Gasteiger partial charge in [-0.1, -0.05) is 17.8 Å². The molecule has 0 radical (unpaired) electrons. The van der Waals surface area contributed by atoms with Crippen molar-refractivity contribution >= 4 is 35.1 Å². The highest BCUT2D eigenvalue weighted by molar-refractivity contribution is 8.01. The van der Waals surface area contributed by atoms with E-state index in [-0.39, 0.29) is 10.6 Å². The lowest BCUT2D eigenvalue weighted by Crippen LogP contribution is -2.50. The van der Waals surface area contributed by atoms with Gasteiger partial charge in [-0.2, -0.15) is 43.9 Å². The average Bonchev–Trinajstić information content (AvgIpc) is 2.42. The maximum atomic E-state index is 13.0. The van der Waals surface area contributed by atoms with Gasteiger partial charge in [-0.25, -0.2) is 0 Å². The first-order valence-electron chi connectivity index (χ1n) is 6.17. The van der Waals surface area contributed by atoms with E-state index in [9.17, 15) is 48.7 Å². The van der Waals surface area contributed by atoms with Crippen LogP contribution in [0.4, 0.5) is 49.6 Å². The molecular weight excluding hydrogens is 428 g/mol. The molecule has 0 atom stereocenters. The summed E-state index contributed by atoms with van der Waals surface area (Å²) >= 11 is -1.78. The lowest BCUT2D eigenvalue weighted by atomic mass is 10.3. The van der Waals surface area contributed by atoms with Crippen molar-refractivity contribution in [2.45, 2.75) is 27.8 Å². The van der Waals surface area contributed by atoms with Gasteiger partial charge in [0.1, 0.15) is 0 Å². The molecule has 2 nitrogen and oxygen atoms in total. The SMILES string of the molecule is O=C(CSC(F)(F)C(F)(F)C(F)(F)F)Nc1cccc(SC(F)(F)F)c1. The number of benzene rings is 1. The number of thioether (sulfide) groups is 2. The van der Waals surface area contributed by atoms with E-state index in [2.05, 4.69) is 0 Å². The van der Waals surface area contributed by atoms with Crippen molar-refractivity contribution < 1.29 is 48.7 Å². The highest BCUT2D eigenvalue weighted by atomic mass is 32.2. The molecule has 0 aromatic heterocycles. The predicted octanol–water partition coefficient (Wildman–Crippen LogP) is 5.76. The fraction of sp³-hybridized carbons (Fsp3) is 0.417. The molecule has 0 aliphatic rings. The fourth-order valence-electron chi connectivity index (χ4n) is 1.38. The number of halogens is 10. The number of carbonyl (C=O) groups excluding carboxylic acids is 1. The number of carbonyl (C=O) groups is 1. The van der Waals surface area contributed by atoms with Gasteiger partial charge in [0.25, 0.3) is 0 Å². The van der Waals surface area contributed by atoms with Gasteiger partial charge in [0.05, 0.1) is 5.75 Å². The van der Waals surface area contributed by atoms with Gasteiger partial charge in [0.2, 0.25) is 5.91 Å². The molecule has 0 unspecified atom stereocenters. The van der Waals surface area contributed by atoms with Crippen molar-refractivity contribution in [3.05, 3.63) is 24.3 Å². The molecule has 14 heteroatoms. The summed E-state index contributed by atoms with van der Waals surface area (Å²) in [6, 6.07) is 4.01. The van der Waals surface area contributed by atoms with Crippen LogP contribution in [0.15, 0.2) is 29.2 Å². The molecule has 0 bridgehead atoms. The van der Waals surface area contributed by atoms with Crippen LogP contribution in [0.1, 0.15) is 0 Å². The summed E-state index contributed by atoms with van der Waals surface area (Å²) in [6.07, 6.45) is -6.52. The van der Waals surface area contributed by atoms with E-state index in [1.807, 2.05) is 5.32 Å². The Bertz CT molecular complexity index is 644. The molecule has 0 fully saturated rings. The second kappa shape index (κ2) is 7.74. The molecule has 0 aliphatic heterocycles. The van der Waals surface area contributed by atoms with Crippen molar-refractivity contribution in [3.8, 4) is 0 Å².